The first kappa shape index (κ1) is 15.1. The summed E-state index contributed by atoms with van der Waals surface area (Å²) in [5.74, 6) is 0.0274. The van der Waals surface area contributed by atoms with Crippen molar-refractivity contribution in [2.24, 2.45) is 0 Å². The highest BCUT2D eigenvalue weighted by Crippen LogP contribution is 2.20. The maximum Gasteiger partial charge on any atom is 0.225 e. The molecule has 0 radical (unpaired) electrons. The van der Waals surface area contributed by atoms with Crippen LogP contribution in [0.1, 0.15) is 29.4 Å². The number of aryl methyl sites for hydroxylation is 1. The minimum atomic E-state index is 0.0274. The Bertz CT molecular complexity index is 578. The molecule has 0 bridgehead atoms. The van der Waals surface area contributed by atoms with Crippen LogP contribution in [-0.4, -0.2) is 22.4 Å². The van der Waals surface area contributed by atoms with Crippen molar-refractivity contribution >= 4 is 33.7 Å². The molecule has 0 saturated carbocycles. The van der Waals surface area contributed by atoms with Crippen LogP contribution in [0.5, 0.6) is 0 Å². The summed E-state index contributed by atoms with van der Waals surface area (Å²) in [5, 5.41) is 7.15. The number of nitrogens with one attached hydrogen (secondary N) is 1. The first-order valence-corrected chi connectivity index (χ1v) is 8.14. The molecule has 0 atom stereocenters. The number of nitrogens with zero attached hydrogens (tertiary/aromatic N) is 3. The summed E-state index contributed by atoms with van der Waals surface area (Å²) in [5.41, 5.74) is 0.956. The molecule has 0 aliphatic heterocycles. The lowest BCUT2D eigenvalue weighted by atomic mass is 10.4. The van der Waals surface area contributed by atoms with E-state index in [9.17, 15) is 4.79 Å². The Morgan fingerprint density at radius 3 is 2.85 bits per heavy atom. The molecule has 0 saturated heterocycles. The number of hydrogen-bond donors (Lipinski definition) is 1. The Kier molecular flexibility index (Phi) is 5.22. The van der Waals surface area contributed by atoms with Gasteiger partial charge in [-0.3, -0.25) is 9.69 Å². The van der Waals surface area contributed by atoms with Crippen molar-refractivity contribution in [2.45, 2.75) is 33.9 Å². The molecule has 1 N–H and O–H groups in total. The van der Waals surface area contributed by atoms with Crippen LogP contribution in [-0.2, 0) is 17.9 Å². The van der Waals surface area contributed by atoms with E-state index in [0.29, 0.717) is 13.1 Å². The fraction of sp³-hybridized carbons (Fsp3) is 0.462. The second-order valence-corrected chi connectivity index (χ2v) is 6.51. The number of anilines is 1. The molecule has 1 amide bonds. The summed E-state index contributed by atoms with van der Waals surface area (Å²) >= 11 is 3.20. The van der Waals surface area contributed by atoms with Gasteiger partial charge in [-0.25, -0.2) is 9.97 Å². The van der Waals surface area contributed by atoms with Gasteiger partial charge in [-0.2, -0.15) is 0 Å². The molecule has 0 aliphatic carbocycles. The van der Waals surface area contributed by atoms with Gasteiger partial charge < -0.3 is 5.32 Å². The van der Waals surface area contributed by atoms with Crippen LogP contribution in [0.25, 0.3) is 0 Å². The van der Waals surface area contributed by atoms with Crippen LogP contribution in [0.2, 0.25) is 0 Å². The molecule has 2 aromatic heterocycles. The van der Waals surface area contributed by atoms with Crippen molar-refractivity contribution in [1.29, 1.82) is 0 Å². The number of aromatic nitrogens is 2. The number of hydrogen-bond acceptors (Lipinski definition) is 6. The lowest BCUT2D eigenvalue weighted by molar-refractivity contribution is -0.116. The van der Waals surface area contributed by atoms with Crippen molar-refractivity contribution in [2.75, 3.05) is 11.4 Å². The summed E-state index contributed by atoms with van der Waals surface area (Å²) in [7, 11) is 0. The van der Waals surface area contributed by atoms with Gasteiger partial charge in [-0.05, 0) is 13.8 Å². The molecular formula is C13H18N4OS2. The fourth-order valence-electron chi connectivity index (χ4n) is 1.77. The standard InChI is InChI=1S/C13H18N4OS2/c1-4-17(10(3)18)13-16-11(8-19-13)6-14-7-12-15-5-9(2)20-12/h5,8,14H,4,6-7H2,1-3H3. The summed E-state index contributed by atoms with van der Waals surface area (Å²) in [6.07, 6.45) is 1.88. The molecule has 0 unspecified atom stereocenters. The number of carbonyl (C=O) groups excluding carboxylic acids is 1. The number of thiazole rings is 2. The normalized spacial score (nSPS) is 10.8. The van der Waals surface area contributed by atoms with Crippen LogP contribution in [0, 0.1) is 6.92 Å². The summed E-state index contributed by atoms with van der Waals surface area (Å²) < 4.78 is 0. The third-order valence-corrected chi connectivity index (χ3v) is 4.54. The van der Waals surface area contributed by atoms with Gasteiger partial charge in [0.15, 0.2) is 5.13 Å². The van der Waals surface area contributed by atoms with Crippen LogP contribution in [0.4, 0.5) is 5.13 Å². The van der Waals surface area contributed by atoms with Crippen LogP contribution in [0.3, 0.4) is 0 Å². The Morgan fingerprint density at radius 1 is 1.45 bits per heavy atom. The van der Waals surface area contributed by atoms with E-state index in [-0.39, 0.29) is 5.91 Å². The zero-order valence-corrected chi connectivity index (χ0v) is 13.5. The topological polar surface area (TPSA) is 58.1 Å². The highest BCUT2D eigenvalue weighted by Gasteiger charge is 2.13. The SMILES string of the molecule is CCN(C(C)=O)c1nc(CNCc2ncc(C)s2)cs1. The summed E-state index contributed by atoms with van der Waals surface area (Å²) in [6, 6.07) is 0. The predicted octanol–water partition coefficient (Wildman–Crippen LogP) is 2.57. The van der Waals surface area contributed by atoms with Gasteiger partial charge in [-0.1, -0.05) is 0 Å². The van der Waals surface area contributed by atoms with E-state index in [1.165, 1.54) is 16.2 Å². The van der Waals surface area contributed by atoms with Crippen molar-refractivity contribution in [3.8, 4) is 0 Å². The van der Waals surface area contributed by atoms with E-state index in [1.807, 2.05) is 18.5 Å². The largest absolute Gasteiger partial charge is 0.305 e. The van der Waals surface area contributed by atoms with Gasteiger partial charge in [0, 0.05) is 43.0 Å². The maximum absolute atomic E-state index is 11.5. The van der Waals surface area contributed by atoms with E-state index in [2.05, 4.69) is 22.2 Å². The lowest BCUT2D eigenvalue weighted by Crippen LogP contribution is -2.27. The average Bonchev–Trinajstić information content (AvgIpc) is 3.00. The average molecular weight is 310 g/mol. The number of carbonyl (C=O) groups is 1. The van der Waals surface area contributed by atoms with Gasteiger partial charge >= 0.3 is 0 Å². The van der Waals surface area contributed by atoms with E-state index < -0.39 is 0 Å². The van der Waals surface area contributed by atoms with Gasteiger partial charge in [0.1, 0.15) is 5.01 Å². The zero-order chi connectivity index (χ0) is 14.5. The molecule has 0 fully saturated rings. The van der Waals surface area contributed by atoms with Crippen LogP contribution >= 0.6 is 22.7 Å². The molecule has 5 nitrogen and oxygen atoms in total. The maximum atomic E-state index is 11.5. The van der Waals surface area contributed by atoms with Gasteiger partial charge in [0.2, 0.25) is 5.91 Å². The molecule has 20 heavy (non-hydrogen) atoms. The molecule has 0 aliphatic rings. The smallest absolute Gasteiger partial charge is 0.225 e. The zero-order valence-electron chi connectivity index (χ0n) is 11.8. The minimum Gasteiger partial charge on any atom is -0.305 e. The highest BCUT2D eigenvalue weighted by atomic mass is 32.1. The Morgan fingerprint density at radius 2 is 2.25 bits per heavy atom. The first-order chi connectivity index (χ1) is 9.60. The van der Waals surface area contributed by atoms with Gasteiger partial charge in [0.05, 0.1) is 5.69 Å². The van der Waals surface area contributed by atoms with Crippen molar-refractivity contribution < 1.29 is 4.79 Å². The molecule has 2 rings (SSSR count). The monoisotopic (exact) mass is 310 g/mol. The summed E-state index contributed by atoms with van der Waals surface area (Å²) in [6.45, 7) is 7.64. The van der Waals surface area contributed by atoms with Crippen LogP contribution < -0.4 is 10.2 Å². The molecular weight excluding hydrogens is 292 g/mol. The minimum absolute atomic E-state index is 0.0274. The van der Waals surface area contributed by atoms with E-state index >= 15 is 0 Å². The third kappa shape index (κ3) is 3.84. The lowest BCUT2D eigenvalue weighted by Gasteiger charge is -2.14. The summed E-state index contributed by atoms with van der Waals surface area (Å²) in [4.78, 5) is 23.1. The molecule has 2 heterocycles. The quantitative estimate of drug-likeness (QED) is 0.891. The van der Waals surface area contributed by atoms with Crippen molar-refractivity contribution in [1.82, 2.24) is 15.3 Å². The van der Waals surface area contributed by atoms with Gasteiger partial charge in [-0.15, -0.1) is 22.7 Å². The number of amides is 1. The second kappa shape index (κ2) is 6.92. The fourth-order valence-corrected chi connectivity index (χ4v) is 3.46. The molecule has 2 aromatic rings. The van der Waals surface area contributed by atoms with Gasteiger partial charge in [0.25, 0.3) is 0 Å². The van der Waals surface area contributed by atoms with Crippen molar-refractivity contribution in [3.63, 3.8) is 0 Å². The predicted molar refractivity (Wildman–Crippen MR) is 83.2 cm³/mol. The molecule has 108 valence electrons. The van der Waals surface area contributed by atoms with Crippen molar-refractivity contribution in [3.05, 3.63) is 27.2 Å². The van der Waals surface area contributed by atoms with E-state index in [0.717, 1.165) is 22.4 Å². The van der Waals surface area contributed by atoms with E-state index in [1.54, 1.807) is 23.2 Å². The molecule has 7 heteroatoms. The number of rotatable bonds is 6. The Balaban J connectivity index is 1.88. The molecule has 0 aromatic carbocycles. The second-order valence-electron chi connectivity index (χ2n) is 4.35. The van der Waals surface area contributed by atoms with Crippen LogP contribution in [0.15, 0.2) is 11.6 Å². The Hall–Kier alpha value is -1.31. The van der Waals surface area contributed by atoms with E-state index in [4.69, 9.17) is 0 Å². The Labute approximate surface area is 126 Å². The molecule has 0 spiro atoms. The first-order valence-electron chi connectivity index (χ1n) is 6.44. The third-order valence-electron chi connectivity index (χ3n) is 2.72. The highest BCUT2D eigenvalue weighted by molar-refractivity contribution is 7.14.